The summed E-state index contributed by atoms with van der Waals surface area (Å²) in [6.45, 7) is 0. The highest BCUT2D eigenvalue weighted by molar-refractivity contribution is 9.10. The molecule has 0 amide bonds. The summed E-state index contributed by atoms with van der Waals surface area (Å²) in [6.07, 6.45) is 1.44. The molecule has 1 aromatic rings. The van der Waals surface area contributed by atoms with Crippen molar-refractivity contribution in [2.75, 3.05) is 0 Å². The standard InChI is InChI=1S/C8H6BrClO2S/c9-8-4-2-1-3-7(8)5-6-13(10,11)12/h1-6H/b6-5-. The summed E-state index contributed by atoms with van der Waals surface area (Å²) in [7, 11) is 1.44. The van der Waals surface area contributed by atoms with Crippen molar-refractivity contribution in [1.82, 2.24) is 0 Å². The van der Waals surface area contributed by atoms with E-state index in [1.54, 1.807) is 6.07 Å². The monoisotopic (exact) mass is 280 g/mol. The maximum Gasteiger partial charge on any atom is 0.254 e. The molecule has 0 unspecified atom stereocenters. The minimum Gasteiger partial charge on any atom is -0.208 e. The molecule has 2 nitrogen and oxygen atoms in total. The Bertz CT molecular complexity index is 426. The normalized spacial score (nSPS) is 12.2. The lowest BCUT2D eigenvalue weighted by Gasteiger charge is -1.95. The second kappa shape index (κ2) is 4.26. The highest BCUT2D eigenvalue weighted by atomic mass is 79.9. The van der Waals surface area contributed by atoms with Crippen molar-refractivity contribution in [1.29, 1.82) is 0 Å². The summed E-state index contributed by atoms with van der Waals surface area (Å²) in [5, 5.41) is 0.953. The fraction of sp³-hybridized carbons (Fsp3) is 0. The molecule has 0 N–H and O–H groups in total. The van der Waals surface area contributed by atoms with E-state index >= 15 is 0 Å². The van der Waals surface area contributed by atoms with Gasteiger partial charge in [0.1, 0.15) is 0 Å². The van der Waals surface area contributed by atoms with E-state index in [2.05, 4.69) is 15.9 Å². The Labute approximate surface area is 89.8 Å². The van der Waals surface area contributed by atoms with Gasteiger partial charge in [0, 0.05) is 20.6 Å². The van der Waals surface area contributed by atoms with Crippen molar-refractivity contribution in [2.24, 2.45) is 0 Å². The van der Waals surface area contributed by atoms with Crippen molar-refractivity contribution < 1.29 is 8.42 Å². The van der Waals surface area contributed by atoms with Gasteiger partial charge in [-0.2, -0.15) is 0 Å². The molecule has 0 aliphatic heterocycles. The molecule has 13 heavy (non-hydrogen) atoms. The average molecular weight is 282 g/mol. The molecule has 0 fully saturated rings. The Hall–Kier alpha value is -0.320. The third-order valence-electron chi connectivity index (χ3n) is 1.32. The largest absolute Gasteiger partial charge is 0.254 e. The van der Waals surface area contributed by atoms with Crippen molar-refractivity contribution >= 4 is 41.7 Å². The first-order valence-electron chi connectivity index (χ1n) is 3.36. The summed E-state index contributed by atoms with van der Waals surface area (Å²) in [5.41, 5.74) is 0.770. The van der Waals surface area contributed by atoms with Gasteiger partial charge in [0.25, 0.3) is 9.05 Å². The summed E-state index contributed by atoms with van der Waals surface area (Å²) in [5.74, 6) is 0. The van der Waals surface area contributed by atoms with Crippen LogP contribution in [0, 0.1) is 0 Å². The lowest BCUT2D eigenvalue weighted by atomic mass is 10.2. The van der Waals surface area contributed by atoms with Crippen LogP contribution in [-0.2, 0) is 9.05 Å². The van der Waals surface area contributed by atoms with Crippen molar-refractivity contribution in [3.05, 3.63) is 39.7 Å². The molecule has 0 bridgehead atoms. The zero-order valence-electron chi connectivity index (χ0n) is 6.44. The fourth-order valence-electron chi connectivity index (χ4n) is 0.765. The number of hydrogen-bond acceptors (Lipinski definition) is 2. The van der Waals surface area contributed by atoms with E-state index < -0.39 is 9.05 Å². The Morgan fingerprint density at radius 2 is 1.92 bits per heavy atom. The van der Waals surface area contributed by atoms with Gasteiger partial charge in [0.05, 0.1) is 0 Å². The van der Waals surface area contributed by atoms with Crippen LogP contribution in [0.4, 0.5) is 0 Å². The van der Waals surface area contributed by atoms with Crippen LogP contribution in [0.2, 0.25) is 0 Å². The molecule has 0 saturated heterocycles. The zero-order valence-corrected chi connectivity index (χ0v) is 9.60. The SMILES string of the molecule is O=S(=O)(Cl)/C=C\c1ccccc1Br. The van der Waals surface area contributed by atoms with E-state index in [4.69, 9.17) is 10.7 Å². The van der Waals surface area contributed by atoms with Crippen molar-refractivity contribution in [2.45, 2.75) is 0 Å². The number of benzene rings is 1. The van der Waals surface area contributed by atoms with Crippen molar-refractivity contribution in [3.8, 4) is 0 Å². The van der Waals surface area contributed by atoms with Crippen LogP contribution in [0.15, 0.2) is 34.1 Å². The van der Waals surface area contributed by atoms with E-state index in [0.29, 0.717) is 0 Å². The predicted octanol–water partition coefficient (Wildman–Crippen LogP) is 2.99. The Balaban J connectivity index is 3.00. The van der Waals surface area contributed by atoms with E-state index in [0.717, 1.165) is 15.4 Å². The molecule has 1 aromatic carbocycles. The third kappa shape index (κ3) is 3.93. The molecule has 1 rings (SSSR count). The topological polar surface area (TPSA) is 34.1 Å². The van der Waals surface area contributed by atoms with Gasteiger partial charge < -0.3 is 0 Å². The Morgan fingerprint density at radius 3 is 2.46 bits per heavy atom. The molecule has 0 saturated carbocycles. The van der Waals surface area contributed by atoms with Gasteiger partial charge in [0.2, 0.25) is 0 Å². The number of rotatable bonds is 2. The molecule has 0 atom stereocenters. The molecular weight excluding hydrogens is 276 g/mol. The quantitative estimate of drug-likeness (QED) is 0.781. The molecule has 0 aliphatic rings. The molecular formula is C8H6BrClO2S. The molecule has 5 heteroatoms. The van der Waals surface area contributed by atoms with Crippen LogP contribution >= 0.6 is 26.6 Å². The lowest BCUT2D eigenvalue weighted by molar-refractivity contribution is 0.617. The second-order valence-corrected chi connectivity index (χ2v) is 5.67. The first kappa shape index (κ1) is 10.8. The summed E-state index contributed by atoms with van der Waals surface area (Å²) in [6, 6.07) is 7.26. The van der Waals surface area contributed by atoms with Crippen LogP contribution in [0.3, 0.4) is 0 Å². The first-order chi connectivity index (χ1) is 5.99. The lowest BCUT2D eigenvalue weighted by Crippen LogP contribution is -1.80. The van der Waals surface area contributed by atoms with Crippen LogP contribution in [0.25, 0.3) is 6.08 Å². The van der Waals surface area contributed by atoms with Crippen LogP contribution in [0.5, 0.6) is 0 Å². The van der Waals surface area contributed by atoms with Gasteiger partial charge in [-0.05, 0) is 17.7 Å². The summed E-state index contributed by atoms with van der Waals surface area (Å²) in [4.78, 5) is 0. The van der Waals surface area contributed by atoms with Crippen LogP contribution in [-0.4, -0.2) is 8.42 Å². The van der Waals surface area contributed by atoms with Crippen LogP contribution < -0.4 is 0 Å². The zero-order chi connectivity index (χ0) is 9.90. The van der Waals surface area contributed by atoms with Gasteiger partial charge in [-0.3, -0.25) is 0 Å². The van der Waals surface area contributed by atoms with Gasteiger partial charge in [-0.25, -0.2) is 8.42 Å². The predicted molar refractivity (Wildman–Crippen MR) is 57.9 cm³/mol. The van der Waals surface area contributed by atoms with Crippen molar-refractivity contribution in [3.63, 3.8) is 0 Å². The first-order valence-corrected chi connectivity index (χ1v) is 6.53. The molecule has 0 radical (unpaired) electrons. The van der Waals surface area contributed by atoms with E-state index in [9.17, 15) is 8.42 Å². The summed E-state index contributed by atoms with van der Waals surface area (Å²) < 4.78 is 22.0. The van der Waals surface area contributed by atoms with Gasteiger partial charge in [-0.15, -0.1) is 0 Å². The summed E-state index contributed by atoms with van der Waals surface area (Å²) >= 11 is 3.27. The van der Waals surface area contributed by atoms with Gasteiger partial charge in [0.15, 0.2) is 0 Å². The smallest absolute Gasteiger partial charge is 0.208 e. The highest BCUT2D eigenvalue weighted by Crippen LogP contribution is 2.18. The molecule has 70 valence electrons. The van der Waals surface area contributed by atoms with Crippen LogP contribution in [0.1, 0.15) is 5.56 Å². The Morgan fingerprint density at radius 1 is 1.31 bits per heavy atom. The Kier molecular flexibility index (Phi) is 3.53. The van der Waals surface area contributed by atoms with E-state index in [1.807, 2.05) is 18.2 Å². The molecule has 0 aliphatic carbocycles. The maximum absolute atomic E-state index is 10.6. The fourth-order valence-corrected chi connectivity index (χ4v) is 1.65. The number of halogens is 2. The van der Waals surface area contributed by atoms with Gasteiger partial charge in [-0.1, -0.05) is 34.1 Å². The molecule has 0 heterocycles. The second-order valence-electron chi connectivity index (χ2n) is 2.30. The minimum absolute atomic E-state index is 0.770. The molecule has 0 spiro atoms. The molecule has 0 aromatic heterocycles. The maximum atomic E-state index is 10.6. The minimum atomic E-state index is -3.57. The highest BCUT2D eigenvalue weighted by Gasteiger charge is 1.98. The average Bonchev–Trinajstić information content (AvgIpc) is 2.01. The van der Waals surface area contributed by atoms with E-state index in [-0.39, 0.29) is 0 Å². The van der Waals surface area contributed by atoms with E-state index in [1.165, 1.54) is 6.08 Å². The number of hydrogen-bond donors (Lipinski definition) is 0. The third-order valence-corrected chi connectivity index (χ3v) is 2.81. The van der Waals surface area contributed by atoms with Gasteiger partial charge >= 0.3 is 0 Å².